The molecule has 0 saturated carbocycles. The fraction of sp³-hybridized carbons (Fsp3) is 0.571. The maximum Gasteiger partial charge on any atom is 0.312 e. The van der Waals surface area contributed by atoms with Crippen LogP contribution < -0.4 is 15.2 Å². The number of benzene rings is 1. The summed E-state index contributed by atoms with van der Waals surface area (Å²) in [6, 6.07) is 3.98. The lowest BCUT2D eigenvalue weighted by Gasteiger charge is -2.61. The average Bonchev–Trinajstić information content (AvgIpc) is 3.02. The monoisotopic (exact) mass is 458 g/mol. The number of methoxy groups -OCH3 is 1. The Morgan fingerprint density at radius 3 is 2.87 bits per heavy atom. The van der Waals surface area contributed by atoms with E-state index in [0.29, 0.717) is 23.7 Å². The molecule has 4 atom stereocenters. The van der Waals surface area contributed by atoms with Gasteiger partial charge < -0.3 is 30.0 Å². The first kappa shape index (κ1) is 23.2. The Bertz CT molecular complexity index is 894. The van der Waals surface area contributed by atoms with Gasteiger partial charge in [0.25, 0.3) is 0 Å². The lowest BCUT2D eigenvalue weighted by molar-refractivity contribution is -0.169. The second kappa shape index (κ2) is 7.88. The van der Waals surface area contributed by atoms with Crippen LogP contribution in [0.25, 0.3) is 0 Å². The van der Waals surface area contributed by atoms with E-state index < -0.39 is 17.1 Å². The highest BCUT2D eigenvalue weighted by molar-refractivity contribution is 5.85. The molecule has 166 valence electrons. The number of likely N-dealkylation sites (N-methyl/N-ethyl adjacent to an activating group) is 1. The fourth-order valence-corrected chi connectivity index (χ4v) is 5.89. The minimum Gasteiger partial charge on any atom is -0.493 e. The molecule has 7 nitrogen and oxygen atoms in total. The van der Waals surface area contributed by atoms with Gasteiger partial charge in [0.05, 0.1) is 24.5 Å². The van der Waals surface area contributed by atoms with Crippen LogP contribution in [0.5, 0.6) is 11.5 Å². The average molecular weight is 459 g/mol. The van der Waals surface area contributed by atoms with Gasteiger partial charge in [-0.1, -0.05) is 6.07 Å². The first-order chi connectivity index (χ1) is 13.5. The van der Waals surface area contributed by atoms with Crippen molar-refractivity contribution in [3.63, 3.8) is 0 Å². The van der Waals surface area contributed by atoms with Gasteiger partial charge in [-0.2, -0.15) is 0 Å². The molecule has 2 aliphatic heterocycles. The van der Waals surface area contributed by atoms with Crippen molar-refractivity contribution < 1.29 is 24.1 Å². The number of carbonyl (C=O) groups excluding carboxylic acids is 1. The summed E-state index contributed by atoms with van der Waals surface area (Å²) in [6.45, 7) is 1.07. The quantitative estimate of drug-likeness (QED) is 0.663. The van der Waals surface area contributed by atoms with Crippen molar-refractivity contribution in [2.45, 2.75) is 48.8 Å². The summed E-state index contributed by atoms with van der Waals surface area (Å²) >= 11 is 0. The lowest BCUT2D eigenvalue weighted by Crippen LogP contribution is -2.74. The van der Waals surface area contributed by atoms with Crippen LogP contribution in [0.15, 0.2) is 24.0 Å². The van der Waals surface area contributed by atoms with Gasteiger partial charge in [0.15, 0.2) is 17.6 Å². The molecule has 2 aliphatic carbocycles. The molecule has 5 rings (SSSR count). The van der Waals surface area contributed by atoms with E-state index in [-0.39, 0.29) is 49.8 Å². The second-order valence-corrected chi connectivity index (χ2v) is 8.30. The molecule has 4 aliphatic rings. The minimum absolute atomic E-state index is 0. The molecule has 0 unspecified atom stereocenters. The van der Waals surface area contributed by atoms with Crippen LogP contribution in [0.3, 0.4) is 0 Å². The maximum atomic E-state index is 12.2. The predicted octanol–water partition coefficient (Wildman–Crippen LogP) is 1.71. The summed E-state index contributed by atoms with van der Waals surface area (Å²) in [5, 5.41) is 12.0. The molecule has 0 aromatic heterocycles. The number of hydrogen-bond donors (Lipinski definition) is 2. The molecule has 1 aromatic carbocycles. The summed E-state index contributed by atoms with van der Waals surface area (Å²) < 4.78 is 17.6. The van der Waals surface area contributed by atoms with E-state index in [4.69, 9.17) is 19.9 Å². The zero-order valence-corrected chi connectivity index (χ0v) is 18.7. The number of aliphatic hydroxyl groups is 1. The number of piperidine rings is 1. The zero-order chi connectivity index (χ0) is 19.7. The highest BCUT2D eigenvalue weighted by Gasteiger charge is 2.72. The van der Waals surface area contributed by atoms with E-state index in [1.807, 2.05) is 12.1 Å². The Hall–Kier alpha value is -1.51. The Morgan fingerprint density at radius 2 is 2.17 bits per heavy atom. The third kappa shape index (κ3) is 2.72. The number of hydrogen-bond acceptors (Lipinski definition) is 7. The van der Waals surface area contributed by atoms with Crippen LogP contribution in [-0.2, 0) is 21.4 Å². The number of rotatable bonds is 4. The summed E-state index contributed by atoms with van der Waals surface area (Å²) in [5.74, 6) is 1.43. The topological polar surface area (TPSA) is 94.2 Å². The highest BCUT2D eigenvalue weighted by atomic mass is 35.5. The van der Waals surface area contributed by atoms with Crippen LogP contribution in [0.1, 0.15) is 30.4 Å². The van der Waals surface area contributed by atoms with Gasteiger partial charge in [0, 0.05) is 24.6 Å². The van der Waals surface area contributed by atoms with E-state index in [2.05, 4.69) is 18.0 Å². The first-order valence-electron chi connectivity index (χ1n) is 9.86. The van der Waals surface area contributed by atoms with Gasteiger partial charge in [-0.25, -0.2) is 0 Å². The van der Waals surface area contributed by atoms with Crippen molar-refractivity contribution >= 4 is 30.8 Å². The molecule has 0 amide bonds. The standard InChI is InChI=1S/C21H26N2O5.2ClH/c1-23-10-8-20-17-12-3-4-13(26-2)18(17)28-19(20)14(27-16(24)6-9-22)5-7-21(20,25)15(23)11-12;;/h3-5,15,19,25H,6-11,22H2,1-2H3;2*1H/t15-,19-,20-,21+;;/m0../s1. The Kier molecular flexibility index (Phi) is 6.08. The lowest BCUT2D eigenvalue weighted by atomic mass is 9.50. The van der Waals surface area contributed by atoms with E-state index in [1.165, 1.54) is 5.56 Å². The van der Waals surface area contributed by atoms with Gasteiger partial charge in [-0.3, -0.25) is 4.79 Å². The van der Waals surface area contributed by atoms with Crippen LogP contribution in [0, 0.1) is 0 Å². The van der Waals surface area contributed by atoms with Crippen molar-refractivity contribution in [3.8, 4) is 11.5 Å². The third-order valence-electron chi connectivity index (χ3n) is 7.14. The van der Waals surface area contributed by atoms with Crippen molar-refractivity contribution in [1.29, 1.82) is 0 Å². The van der Waals surface area contributed by atoms with Crippen molar-refractivity contribution in [3.05, 3.63) is 35.1 Å². The molecule has 9 heteroatoms. The van der Waals surface area contributed by atoms with Crippen LogP contribution in [0.2, 0.25) is 0 Å². The van der Waals surface area contributed by atoms with Gasteiger partial charge in [0.1, 0.15) is 5.76 Å². The van der Waals surface area contributed by atoms with E-state index >= 15 is 0 Å². The summed E-state index contributed by atoms with van der Waals surface area (Å²) in [4.78, 5) is 14.4. The molecule has 2 heterocycles. The maximum absolute atomic E-state index is 12.2. The van der Waals surface area contributed by atoms with Gasteiger partial charge in [0.2, 0.25) is 0 Å². The molecule has 2 bridgehead atoms. The normalized spacial score (nSPS) is 32.6. The second-order valence-electron chi connectivity index (χ2n) is 8.30. The predicted molar refractivity (Wildman–Crippen MR) is 116 cm³/mol. The van der Waals surface area contributed by atoms with Crippen LogP contribution >= 0.6 is 24.8 Å². The molecule has 30 heavy (non-hydrogen) atoms. The summed E-state index contributed by atoms with van der Waals surface area (Å²) in [7, 11) is 3.68. The minimum atomic E-state index is -0.987. The van der Waals surface area contributed by atoms with Crippen molar-refractivity contribution in [2.75, 3.05) is 27.2 Å². The number of esters is 1. The number of nitrogens with zero attached hydrogens (tertiary/aromatic N) is 1. The number of nitrogens with two attached hydrogens (primary N) is 1. The zero-order valence-electron chi connectivity index (χ0n) is 17.1. The SMILES string of the molecule is COc1ccc2c3c1O[C@H]1C(OC(=O)CCN)=CC[C@@]4(O)[C@H](C2)N(C)CC[C@]314.Cl.Cl. The van der Waals surface area contributed by atoms with Gasteiger partial charge >= 0.3 is 5.97 Å². The molecule has 1 aromatic rings. The van der Waals surface area contributed by atoms with Crippen molar-refractivity contribution in [2.24, 2.45) is 5.73 Å². The largest absolute Gasteiger partial charge is 0.493 e. The third-order valence-corrected chi connectivity index (χ3v) is 7.14. The summed E-state index contributed by atoms with van der Waals surface area (Å²) in [6.07, 6.45) is 3.33. The molecule has 1 saturated heterocycles. The number of carbonyl (C=O) groups is 1. The van der Waals surface area contributed by atoms with Gasteiger partial charge in [-0.15, -0.1) is 24.8 Å². The number of ether oxygens (including phenoxy) is 3. The Morgan fingerprint density at radius 1 is 1.40 bits per heavy atom. The first-order valence-corrected chi connectivity index (χ1v) is 9.86. The number of halogens is 2. The highest BCUT2D eigenvalue weighted by Crippen LogP contribution is 2.65. The molecule has 3 N–H and O–H groups in total. The molecular weight excluding hydrogens is 431 g/mol. The van der Waals surface area contributed by atoms with E-state index in [1.54, 1.807) is 7.11 Å². The van der Waals surface area contributed by atoms with E-state index in [9.17, 15) is 9.90 Å². The van der Waals surface area contributed by atoms with Gasteiger partial charge in [-0.05, 0) is 44.1 Å². The Balaban J connectivity index is 0.00000128. The molecule has 0 radical (unpaired) electrons. The Labute approximate surface area is 188 Å². The van der Waals surface area contributed by atoms with Crippen LogP contribution in [-0.4, -0.2) is 61.0 Å². The molecule has 1 fully saturated rings. The van der Waals surface area contributed by atoms with E-state index in [0.717, 1.165) is 24.9 Å². The van der Waals surface area contributed by atoms with Crippen LogP contribution in [0.4, 0.5) is 0 Å². The molecule has 1 spiro atoms. The number of likely N-dealkylation sites (tertiary alicyclic amines) is 1. The smallest absolute Gasteiger partial charge is 0.312 e. The van der Waals surface area contributed by atoms with Crippen molar-refractivity contribution in [1.82, 2.24) is 4.90 Å². The molecular formula is C21H28Cl2N2O5. The summed E-state index contributed by atoms with van der Waals surface area (Å²) in [5.41, 5.74) is 6.08. The fourth-order valence-electron chi connectivity index (χ4n) is 5.89.